The zero-order valence-electron chi connectivity index (χ0n) is 10.7. The molecule has 0 amide bonds. The van der Waals surface area contributed by atoms with Gasteiger partial charge in [0.1, 0.15) is 12.2 Å². The molecule has 0 saturated heterocycles. The fourth-order valence-electron chi connectivity index (χ4n) is 2.10. The summed E-state index contributed by atoms with van der Waals surface area (Å²) in [6.07, 6.45) is -1.79. The minimum atomic E-state index is -0.897. The van der Waals surface area contributed by atoms with Gasteiger partial charge in [-0.2, -0.15) is 0 Å². The first-order valence-corrected chi connectivity index (χ1v) is 6.08. The number of rotatable bonds is 3. The van der Waals surface area contributed by atoms with Crippen LogP contribution < -0.4 is 0 Å². The number of aryl methyl sites for hydroxylation is 1. The second-order valence-electron chi connectivity index (χ2n) is 4.59. The van der Waals surface area contributed by atoms with Crippen LogP contribution in [0.25, 0.3) is 0 Å². The summed E-state index contributed by atoms with van der Waals surface area (Å²) in [4.78, 5) is 0. The quantitative estimate of drug-likeness (QED) is 0.868. The standard InChI is InChI=1S/C16H18O2/c1-11-7-6-10-14(12(11)2)16(18)15(17)13-8-4-3-5-9-13/h3-10,15-18H,1-2H3. The molecule has 2 aromatic carbocycles. The third kappa shape index (κ3) is 2.45. The van der Waals surface area contributed by atoms with E-state index in [4.69, 9.17) is 0 Å². The average molecular weight is 242 g/mol. The van der Waals surface area contributed by atoms with Crippen LogP contribution in [0.3, 0.4) is 0 Å². The van der Waals surface area contributed by atoms with Gasteiger partial charge in [0.2, 0.25) is 0 Å². The molecule has 0 spiro atoms. The molecule has 0 aromatic heterocycles. The normalized spacial score (nSPS) is 14.2. The Balaban J connectivity index is 2.31. The first kappa shape index (κ1) is 12.8. The van der Waals surface area contributed by atoms with E-state index in [0.29, 0.717) is 0 Å². The fraction of sp³-hybridized carbons (Fsp3) is 0.250. The summed E-state index contributed by atoms with van der Waals surface area (Å²) in [7, 11) is 0. The van der Waals surface area contributed by atoms with Crippen molar-refractivity contribution in [3.05, 3.63) is 70.8 Å². The minimum absolute atomic E-state index is 0.728. The molecule has 2 nitrogen and oxygen atoms in total. The molecule has 94 valence electrons. The molecule has 2 aromatic rings. The maximum atomic E-state index is 10.3. The third-order valence-electron chi connectivity index (χ3n) is 3.41. The van der Waals surface area contributed by atoms with Crippen molar-refractivity contribution < 1.29 is 10.2 Å². The van der Waals surface area contributed by atoms with Crippen molar-refractivity contribution in [2.24, 2.45) is 0 Å². The highest BCUT2D eigenvalue weighted by Gasteiger charge is 2.21. The lowest BCUT2D eigenvalue weighted by Gasteiger charge is -2.21. The Bertz CT molecular complexity index is 520. The summed E-state index contributed by atoms with van der Waals surface area (Å²) < 4.78 is 0. The van der Waals surface area contributed by atoms with Crippen LogP contribution in [-0.2, 0) is 0 Å². The van der Waals surface area contributed by atoms with Crippen LogP contribution in [0.5, 0.6) is 0 Å². The highest BCUT2D eigenvalue weighted by molar-refractivity contribution is 5.36. The van der Waals surface area contributed by atoms with Crippen molar-refractivity contribution in [2.45, 2.75) is 26.1 Å². The Kier molecular flexibility index (Phi) is 3.80. The van der Waals surface area contributed by atoms with Gasteiger partial charge in [-0.15, -0.1) is 0 Å². The summed E-state index contributed by atoms with van der Waals surface area (Å²) in [5.74, 6) is 0. The van der Waals surface area contributed by atoms with Gasteiger partial charge in [-0.3, -0.25) is 0 Å². The van der Waals surface area contributed by atoms with E-state index >= 15 is 0 Å². The average Bonchev–Trinajstić information content (AvgIpc) is 2.41. The summed E-state index contributed by atoms with van der Waals surface area (Å²) >= 11 is 0. The number of aliphatic hydroxyl groups excluding tert-OH is 2. The van der Waals surface area contributed by atoms with Gasteiger partial charge in [-0.25, -0.2) is 0 Å². The van der Waals surface area contributed by atoms with E-state index in [9.17, 15) is 10.2 Å². The van der Waals surface area contributed by atoms with Crippen LogP contribution in [0.4, 0.5) is 0 Å². The maximum Gasteiger partial charge on any atom is 0.109 e. The lowest BCUT2D eigenvalue weighted by molar-refractivity contribution is 0.0168. The molecule has 0 radical (unpaired) electrons. The van der Waals surface area contributed by atoms with Crippen LogP contribution in [0.2, 0.25) is 0 Å². The summed E-state index contributed by atoms with van der Waals surface area (Å²) in [6.45, 7) is 3.96. The first-order valence-electron chi connectivity index (χ1n) is 6.08. The van der Waals surface area contributed by atoms with Gasteiger partial charge in [-0.05, 0) is 36.1 Å². The van der Waals surface area contributed by atoms with Crippen molar-refractivity contribution >= 4 is 0 Å². The van der Waals surface area contributed by atoms with Crippen LogP contribution in [0.15, 0.2) is 48.5 Å². The second kappa shape index (κ2) is 5.34. The summed E-state index contributed by atoms with van der Waals surface area (Å²) in [5.41, 5.74) is 3.66. The maximum absolute atomic E-state index is 10.3. The van der Waals surface area contributed by atoms with E-state index in [2.05, 4.69) is 0 Å². The van der Waals surface area contributed by atoms with E-state index in [-0.39, 0.29) is 0 Å². The Labute approximate surface area is 108 Å². The Morgan fingerprint density at radius 1 is 0.778 bits per heavy atom. The molecule has 2 atom stereocenters. The predicted octanol–water partition coefficient (Wildman–Crippen LogP) is 3.07. The van der Waals surface area contributed by atoms with E-state index in [1.807, 2.05) is 62.4 Å². The van der Waals surface area contributed by atoms with Gasteiger partial charge < -0.3 is 10.2 Å². The molecule has 0 heterocycles. The minimum Gasteiger partial charge on any atom is -0.385 e. The molecule has 2 unspecified atom stereocenters. The van der Waals surface area contributed by atoms with Crippen molar-refractivity contribution in [3.63, 3.8) is 0 Å². The van der Waals surface area contributed by atoms with Crippen molar-refractivity contribution in [2.75, 3.05) is 0 Å². The lowest BCUT2D eigenvalue weighted by atomic mass is 9.93. The zero-order valence-corrected chi connectivity index (χ0v) is 10.7. The van der Waals surface area contributed by atoms with Gasteiger partial charge in [0.15, 0.2) is 0 Å². The van der Waals surface area contributed by atoms with Gasteiger partial charge in [-0.1, -0.05) is 48.5 Å². The SMILES string of the molecule is Cc1cccc(C(O)C(O)c2ccccc2)c1C. The van der Waals surface area contributed by atoms with Crippen LogP contribution in [0, 0.1) is 13.8 Å². The fourth-order valence-corrected chi connectivity index (χ4v) is 2.10. The van der Waals surface area contributed by atoms with Gasteiger partial charge in [0, 0.05) is 0 Å². The molecule has 0 aliphatic carbocycles. The van der Waals surface area contributed by atoms with E-state index in [1.54, 1.807) is 0 Å². The van der Waals surface area contributed by atoms with Crippen molar-refractivity contribution in [1.29, 1.82) is 0 Å². The highest BCUT2D eigenvalue weighted by Crippen LogP contribution is 2.31. The molecular weight excluding hydrogens is 224 g/mol. The Morgan fingerprint density at radius 3 is 2.11 bits per heavy atom. The molecule has 0 aliphatic heterocycles. The topological polar surface area (TPSA) is 40.5 Å². The lowest BCUT2D eigenvalue weighted by Crippen LogP contribution is -2.12. The van der Waals surface area contributed by atoms with E-state index in [0.717, 1.165) is 22.3 Å². The van der Waals surface area contributed by atoms with Gasteiger partial charge in [0.25, 0.3) is 0 Å². The first-order chi connectivity index (χ1) is 8.61. The molecule has 0 fully saturated rings. The number of benzene rings is 2. The van der Waals surface area contributed by atoms with E-state index in [1.165, 1.54) is 0 Å². The third-order valence-corrected chi connectivity index (χ3v) is 3.41. The Hall–Kier alpha value is -1.64. The molecular formula is C16H18O2. The van der Waals surface area contributed by atoms with Crippen LogP contribution in [0.1, 0.15) is 34.5 Å². The molecule has 2 rings (SSSR count). The largest absolute Gasteiger partial charge is 0.385 e. The molecule has 0 aliphatic rings. The monoisotopic (exact) mass is 242 g/mol. The summed E-state index contributed by atoms with van der Waals surface area (Å²) in [6, 6.07) is 15.0. The van der Waals surface area contributed by atoms with Crippen LogP contribution >= 0.6 is 0 Å². The molecule has 2 heteroatoms. The summed E-state index contributed by atoms with van der Waals surface area (Å²) in [5, 5.41) is 20.5. The van der Waals surface area contributed by atoms with Crippen molar-refractivity contribution in [3.8, 4) is 0 Å². The zero-order chi connectivity index (χ0) is 13.1. The molecule has 0 bridgehead atoms. The molecule has 18 heavy (non-hydrogen) atoms. The van der Waals surface area contributed by atoms with Crippen molar-refractivity contribution in [1.82, 2.24) is 0 Å². The van der Waals surface area contributed by atoms with Gasteiger partial charge in [0.05, 0.1) is 0 Å². The smallest absolute Gasteiger partial charge is 0.109 e. The highest BCUT2D eigenvalue weighted by atomic mass is 16.3. The van der Waals surface area contributed by atoms with Crippen LogP contribution in [-0.4, -0.2) is 10.2 Å². The Morgan fingerprint density at radius 2 is 1.44 bits per heavy atom. The molecule has 0 saturated carbocycles. The van der Waals surface area contributed by atoms with E-state index < -0.39 is 12.2 Å². The number of hydrogen-bond acceptors (Lipinski definition) is 2. The number of aliphatic hydroxyl groups is 2. The number of hydrogen-bond donors (Lipinski definition) is 2. The predicted molar refractivity (Wildman–Crippen MR) is 72.3 cm³/mol. The second-order valence-corrected chi connectivity index (χ2v) is 4.59. The molecule has 2 N–H and O–H groups in total. The van der Waals surface area contributed by atoms with Gasteiger partial charge >= 0.3 is 0 Å².